The molecule has 0 spiro atoms. The van der Waals surface area contributed by atoms with Crippen molar-refractivity contribution in [2.75, 3.05) is 12.4 Å². The summed E-state index contributed by atoms with van der Waals surface area (Å²) >= 11 is 0. The van der Waals surface area contributed by atoms with Gasteiger partial charge in [0.05, 0.1) is 0 Å². The molecule has 0 aliphatic heterocycles. The molecule has 0 atom stereocenters. The van der Waals surface area contributed by atoms with Crippen LogP contribution in [0.1, 0.15) is 44.9 Å². The zero-order chi connectivity index (χ0) is 10.7. The lowest BCUT2D eigenvalue weighted by atomic mass is 9.97. The summed E-state index contributed by atoms with van der Waals surface area (Å²) < 4.78 is 0. The van der Waals surface area contributed by atoms with E-state index in [-0.39, 0.29) is 0 Å². The summed E-state index contributed by atoms with van der Waals surface area (Å²) in [6.45, 7) is 8.86. The quantitative estimate of drug-likeness (QED) is 0.775. The normalized spacial score (nSPS) is 11.4. The van der Waals surface area contributed by atoms with Gasteiger partial charge in [0, 0.05) is 18.3 Å². The van der Waals surface area contributed by atoms with Crippen LogP contribution in [0.2, 0.25) is 0 Å². The van der Waals surface area contributed by atoms with Crippen molar-refractivity contribution in [2.45, 2.75) is 40.0 Å². The van der Waals surface area contributed by atoms with Crippen molar-refractivity contribution in [2.24, 2.45) is 5.92 Å². The molecular weight excluding hydrogens is 174 g/mol. The minimum atomic E-state index is 0.518. The van der Waals surface area contributed by atoms with Crippen LogP contribution in [0.3, 0.4) is 0 Å². The lowest BCUT2D eigenvalue weighted by molar-refractivity contribution is 0.626. The zero-order valence-electron chi connectivity index (χ0n) is 9.81. The molecule has 0 saturated carbocycles. The SMILES string of the molecule is CNc1n[nH]c(CC(C)C)c1C(C)C. The molecule has 0 fully saturated rings. The van der Waals surface area contributed by atoms with Crippen LogP contribution in [0.25, 0.3) is 0 Å². The highest BCUT2D eigenvalue weighted by atomic mass is 15.2. The van der Waals surface area contributed by atoms with Crippen LogP contribution in [0.15, 0.2) is 0 Å². The first-order chi connectivity index (χ1) is 6.56. The van der Waals surface area contributed by atoms with Crippen LogP contribution in [0, 0.1) is 5.92 Å². The first-order valence-electron chi connectivity index (χ1n) is 5.31. The second-order valence-corrected chi connectivity index (χ2v) is 4.47. The van der Waals surface area contributed by atoms with Gasteiger partial charge in [0.2, 0.25) is 0 Å². The monoisotopic (exact) mass is 195 g/mol. The van der Waals surface area contributed by atoms with Crippen molar-refractivity contribution in [3.05, 3.63) is 11.3 Å². The molecule has 1 heterocycles. The molecule has 1 rings (SSSR count). The molecule has 0 aliphatic carbocycles. The number of hydrogen-bond donors (Lipinski definition) is 2. The third-order valence-corrected chi connectivity index (χ3v) is 2.31. The van der Waals surface area contributed by atoms with Crippen LogP contribution < -0.4 is 5.32 Å². The number of anilines is 1. The predicted octanol–water partition coefficient (Wildman–Crippen LogP) is 2.77. The number of H-pyrrole nitrogens is 1. The molecule has 0 bridgehead atoms. The largest absolute Gasteiger partial charge is 0.371 e. The van der Waals surface area contributed by atoms with Crippen molar-refractivity contribution in [1.82, 2.24) is 10.2 Å². The maximum absolute atomic E-state index is 4.27. The Labute approximate surface area is 86.3 Å². The Kier molecular flexibility index (Phi) is 3.55. The van der Waals surface area contributed by atoms with Crippen molar-refractivity contribution < 1.29 is 0 Å². The van der Waals surface area contributed by atoms with Gasteiger partial charge in [-0.15, -0.1) is 0 Å². The van der Waals surface area contributed by atoms with Gasteiger partial charge in [0.15, 0.2) is 5.82 Å². The van der Waals surface area contributed by atoms with Crippen molar-refractivity contribution in [1.29, 1.82) is 0 Å². The molecule has 14 heavy (non-hydrogen) atoms. The summed E-state index contributed by atoms with van der Waals surface area (Å²) in [4.78, 5) is 0. The lowest BCUT2D eigenvalue weighted by Crippen LogP contribution is -2.01. The minimum Gasteiger partial charge on any atom is -0.371 e. The van der Waals surface area contributed by atoms with Gasteiger partial charge < -0.3 is 5.32 Å². The van der Waals surface area contributed by atoms with E-state index in [1.165, 1.54) is 11.3 Å². The molecular formula is C11H21N3. The first-order valence-corrected chi connectivity index (χ1v) is 5.31. The fraction of sp³-hybridized carbons (Fsp3) is 0.727. The van der Waals surface area contributed by atoms with Gasteiger partial charge in [0.1, 0.15) is 0 Å². The molecule has 80 valence electrons. The molecule has 3 nitrogen and oxygen atoms in total. The van der Waals surface area contributed by atoms with Gasteiger partial charge in [-0.1, -0.05) is 27.7 Å². The van der Waals surface area contributed by atoms with E-state index in [0.29, 0.717) is 11.8 Å². The Morgan fingerprint density at radius 1 is 1.29 bits per heavy atom. The number of aromatic amines is 1. The van der Waals surface area contributed by atoms with Gasteiger partial charge in [0.25, 0.3) is 0 Å². The zero-order valence-corrected chi connectivity index (χ0v) is 9.81. The molecule has 1 aromatic heterocycles. The Morgan fingerprint density at radius 3 is 2.36 bits per heavy atom. The second-order valence-electron chi connectivity index (χ2n) is 4.47. The van der Waals surface area contributed by atoms with Crippen molar-refractivity contribution in [3.63, 3.8) is 0 Å². The van der Waals surface area contributed by atoms with Gasteiger partial charge >= 0.3 is 0 Å². The number of hydrogen-bond acceptors (Lipinski definition) is 2. The molecule has 0 aliphatic rings. The fourth-order valence-electron chi connectivity index (χ4n) is 1.76. The summed E-state index contributed by atoms with van der Waals surface area (Å²) in [6.07, 6.45) is 1.07. The van der Waals surface area contributed by atoms with Crippen LogP contribution in [0.4, 0.5) is 5.82 Å². The highest BCUT2D eigenvalue weighted by molar-refractivity contribution is 5.48. The highest BCUT2D eigenvalue weighted by Crippen LogP contribution is 2.26. The summed E-state index contributed by atoms with van der Waals surface area (Å²) in [7, 11) is 1.92. The summed E-state index contributed by atoms with van der Waals surface area (Å²) in [5.74, 6) is 2.18. The molecule has 0 radical (unpaired) electrons. The standard InChI is InChI=1S/C11H21N3/c1-7(2)6-9-10(8(3)4)11(12-5)14-13-9/h7-8H,6H2,1-5H3,(H2,12,13,14). The van der Waals surface area contributed by atoms with Crippen LogP contribution >= 0.6 is 0 Å². The Morgan fingerprint density at radius 2 is 1.93 bits per heavy atom. The first kappa shape index (κ1) is 11.1. The average molecular weight is 195 g/mol. The Hall–Kier alpha value is -0.990. The Bertz CT molecular complexity index is 287. The van der Waals surface area contributed by atoms with E-state index in [2.05, 4.69) is 43.2 Å². The third kappa shape index (κ3) is 2.28. The molecule has 3 heteroatoms. The molecule has 2 N–H and O–H groups in total. The van der Waals surface area contributed by atoms with Crippen molar-refractivity contribution in [3.8, 4) is 0 Å². The fourth-order valence-corrected chi connectivity index (χ4v) is 1.76. The molecule has 0 unspecified atom stereocenters. The third-order valence-electron chi connectivity index (χ3n) is 2.31. The highest BCUT2D eigenvalue weighted by Gasteiger charge is 2.15. The minimum absolute atomic E-state index is 0.518. The van der Waals surface area contributed by atoms with E-state index in [4.69, 9.17) is 0 Å². The van der Waals surface area contributed by atoms with E-state index < -0.39 is 0 Å². The lowest BCUT2D eigenvalue weighted by Gasteiger charge is -2.10. The number of nitrogens with one attached hydrogen (secondary N) is 2. The summed E-state index contributed by atoms with van der Waals surface area (Å²) in [5, 5.41) is 10.5. The van der Waals surface area contributed by atoms with E-state index in [9.17, 15) is 0 Å². The Balaban J connectivity index is 2.98. The van der Waals surface area contributed by atoms with Crippen LogP contribution in [-0.4, -0.2) is 17.2 Å². The number of nitrogens with zero attached hydrogens (tertiary/aromatic N) is 1. The van der Waals surface area contributed by atoms with Gasteiger partial charge in [-0.3, -0.25) is 5.10 Å². The average Bonchev–Trinajstić information content (AvgIpc) is 2.46. The molecule has 0 saturated heterocycles. The molecule has 1 aromatic rings. The van der Waals surface area contributed by atoms with Gasteiger partial charge in [-0.2, -0.15) is 5.10 Å². The van der Waals surface area contributed by atoms with Gasteiger partial charge in [-0.05, 0) is 18.3 Å². The van der Waals surface area contributed by atoms with E-state index in [1.54, 1.807) is 0 Å². The van der Waals surface area contributed by atoms with E-state index in [1.807, 2.05) is 7.05 Å². The smallest absolute Gasteiger partial charge is 0.151 e. The maximum atomic E-state index is 4.27. The van der Waals surface area contributed by atoms with Crippen LogP contribution in [-0.2, 0) is 6.42 Å². The molecule has 0 amide bonds. The van der Waals surface area contributed by atoms with E-state index >= 15 is 0 Å². The van der Waals surface area contributed by atoms with Crippen molar-refractivity contribution >= 4 is 5.82 Å². The summed E-state index contributed by atoms with van der Waals surface area (Å²) in [6, 6.07) is 0. The maximum Gasteiger partial charge on any atom is 0.151 e. The van der Waals surface area contributed by atoms with Crippen LogP contribution in [0.5, 0.6) is 0 Å². The second kappa shape index (κ2) is 4.49. The number of rotatable bonds is 4. The number of aromatic nitrogens is 2. The van der Waals surface area contributed by atoms with E-state index in [0.717, 1.165) is 12.2 Å². The topological polar surface area (TPSA) is 40.7 Å². The predicted molar refractivity (Wildman–Crippen MR) is 60.8 cm³/mol. The van der Waals surface area contributed by atoms with Gasteiger partial charge in [-0.25, -0.2) is 0 Å². The summed E-state index contributed by atoms with van der Waals surface area (Å²) in [5.41, 5.74) is 2.61. The molecule has 0 aromatic carbocycles.